The van der Waals surface area contributed by atoms with Crippen molar-refractivity contribution in [1.82, 2.24) is 0 Å². The largest absolute Gasteiger partial charge is 1.00 e. The first kappa shape index (κ1) is 26.8. The second kappa shape index (κ2) is 12.3. The Morgan fingerprint density at radius 3 is 1.29 bits per heavy atom. The Morgan fingerprint density at radius 1 is 0.588 bits per heavy atom. The number of benzene rings is 4. The molecule has 0 aliphatic heterocycles. The van der Waals surface area contributed by atoms with Crippen LogP contribution in [0.5, 0.6) is 0 Å². The standard InChI is InChI=1S/C30H34OPSi.HI/c1-33(2,3)31-24-27(26-16-8-4-9-17-26)25-32(28-18-10-5-11-19-28,29-20-12-6-13-21-29)30-22-14-7-15-23-30;/h4-23,27H,24-25H2,1-3H3;1H/q+1;/p-1/t27-;/m1./s1. The van der Waals surface area contributed by atoms with Gasteiger partial charge >= 0.3 is 0 Å². The fraction of sp³-hybridized carbons (Fsp3) is 0.200. The number of hydrogen-bond donors (Lipinski definition) is 0. The summed E-state index contributed by atoms with van der Waals surface area (Å²) in [6, 6.07) is 44.4. The van der Waals surface area contributed by atoms with Crippen molar-refractivity contribution in [3.05, 3.63) is 127 Å². The van der Waals surface area contributed by atoms with Crippen LogP contribution in [0.1, 0.15) is 11.5 Å². The van der Waals surface area contributed by atoms with Crippen LogP contribution < -0.4 is 39.9 Å². The van der Waals surface area contributed by atoms with Gasteiger partial charge in [0.05, 0.1) is 6.16 Å². The third kappa shape index (κ3) is 6.45. The Bertz CT molecular complexity index is 1020. The zero-order valence-corrected chi connectivity index (χ0v) is 24.3. The Balaban J connectivity index is 0.00000324. The van der Waals surface area contributed by atoms with Crippen LogP contribution in [0.25, 0.3) is 0 Å². The van der Waals surface area contributed by atoms with Gasteiger partial charge in [-0.2, -0.15) is 0 Å². The Hall–Kier alpha value is -1.78. The van der Waals surface area contributed by atoms with Crippen LogP contribution in [-0.2, 0) is 4.43 Å². The van der Waals surface area contributed by atoms with Gasteiger partial charge in [-0.05, 0) is 61.6 Å². The molecule has 1 nitrogen and oxygen atoms in total. The van der Waals surface area contributed by atoms with Crippen molar-refractivity contribution in [2.75, 3.05) is 12.8 Å². The molecule has 1 atom stereocenters. The average molecular weight is 597 g/mol. The van der Waals surface area contributed by atoms with Gasteiger partial charge in [0.1, 0.15) is 23.2 Å². The van der Waals surface area contributed by atoms with Gasteiger partial charge in [0, 0.05) is 12.5 Å². The molecule has 4 aromatic rings. The molecule has 0 spiro atoms. The van der Waals surface area contributed by atoms with E-state index in [-0.39, 0.29) is 24.0 Å². The smallest absolute Gasteiger partial charge is 0.183 e. The number of halogens is 1. The van der Waals surface area contributed by atoms with Gasteiger partial charge in [-0.25, -0.2) is 0 Å². The molecule has 0 heterocycles. The van der Waals surface area contributed by atoms with E-state index in [0.717, 1.165) is 12.8 Å². The Morgan fingerprint density at radius 2 is 0.941 bits per heavy atom. The van der Waals surface area contributed by atoms with Crippen LogP contribution >= 0.6 is 7.26 Å². The molecule has 4 heteroatoms. The molecular weight excluding hydrogens is 562 g/mol. The summed E-state index contributed by atoms with van der Waals surface area (Å²) in [4.78, 5) is 0. The molecule has 0 aliphatic carbocycles. The van der Waals surface area contributed by atoms with Crippen molar-refractivity contribution < 1.29 is 28.4 Å². The lowest BCUT2D eigenvalue weighted by molar-refractivity contribution is -0.00000766. The number of rotatable bonds is 9. The lowest BCUT2D eigenvalue weighted by atomic mass is 10.0. The predicted molar refractivity (Wildman–Crippen MR) is 148 cm³/mol. The second-order valence-electron chi connectivity index (χ2n) is 9.53. The van der Waals surface area contributed by atoms with Crippen molar-refractivity contribution in [2.24, 2.45) is 0 Å². The predicted octanol–water partition coefficient (Wildman–Crippen LogP) is 3.62. The van der Waals surface area contributed by atoms with E-state index in [4.69, 9.17) is 4.43 Å². The van der Waals surface area contributed by atoms with E-state index in [0.29, 0.717) is 5.92 Å². The SMILES string of the molecule is C[Si](C)(C)OC[C@H](C[P+](c1ccccc1)(c1ccccc1)c1ccccc1)c1ccccc1.[I-]. The maximum atomic E-state index is 6.56. The summed E-state index contributed by atoms with van der Waals surface area (Å²) >= 11 is 0. The molecule has 4 aromatic carbocycles. The molecule has 0 bridgehead atoms. The molecule has 0 unspecified atom stereocenters. The van der Waals surface area contributed by atoms with Gasteiger partial charge in [-0.1, -0.05) is 84.9 Å². The highest BCUT2D eigenvalue weighted by Crippen LogP contribution is 2.57. The summed E-state index contributed by atoms with van der Waals surface area (Å²) in [6.07, 6.45) is 1.04. The van der Waals surface area contributed by atoms with E-state index < -0.39 is 15.6 Å². The lowest BCUT2D eigenvalue weighted by Gasteiger charge is -2.32. The van der Waals surface area contributed by atoms with E-state index in [1.54, 1.807) is 0 Å². The fourth-order valence-corrected chi connectivity index (χ4v) is 9.72. The van der Waals surface area contributed by atoms with Gasteiger partial charge in [0.15, 0.2) is 8.32 Å². The van der Waals surface area contributed by atoms with Crippen LogP contribution in [0.15, 0.2) is 121 Å². The van der Waals surface area contributed by atoms with Crippen molar-refractivity contribution in [1.29, 1.82) is 0 Å². The summed E-state index contributed by atoms with van der Waals surface area (Å²) in [5, 5.41) is 4.28. The van der Waals surface area contributed by atoms with Crippen LogP contribution in [0, 0.1) is 0 Å². The normalized spacial score (nSPS) is 12.6. The maximum Gasteiger partial charge on any atom is 0.183 e. The zero-order valence-electron chi connectivity index (χ0n) is 20.3. The molecule has 0 saturated carbocycles. The van der Waals surface area contributed by atoms with Crippen LogP contribution in [0.2, 0.25) is 19.6 Å². The summed E-state index contributed by atoms with van der Waals surface area (Å²) in [7, 11) is -3.58. The molecule has 0 aromatic heterocycles. The Labute approximate surface area is 224 Å². The third-order valence-electron chi connectivity index (χ3n) is 6.07. The monoisotopic (exact) mass is 596 g/mol. The van der Waals surface area contributed by atoms with E-state index >= 15 is 0 Å². The van der Waals surface area contributed by atoms with Gasteiger partial charge in [0.25, 0.3) is 0 Å². The minimum atomic E-state index is -1.92. The lowest BCUT2D eigenvalue weighted by Crippen LogP contribution is -3.00. The molecule has 0 aliphatic rings. The molecule has 0 fully saturated rings. The first-order valence-corrected chi connectivity index (χ1v) is 17.1. The first-order chi connectivity index (χ1) is 16.0. The quantitative estimate of drug-likeness (QED) is 0.163. The van der Waals surface area contributed by atoms with Crippen molar-refractivity contribution in [3.8, 4) is 0 Å². The summed E-state index contributed by atoms with van der Waals surface area (Å²) in [5.41, 5.74) is 1.36. The summed E-state index contributed by atoms with van der Waals surface area (Å²) < 4.78 is 6.56. The highest BCUT2D eigenvalue weighted by Gasteiger charge is 2.47. The first-order valence-electron chi connectivity index (χ1n) is 11.7. The van der Waals surface area contributed by atoms with E-state index in [2.05, 4.69) is 141 Å². The highest BCUT2D eigenvalue weighted by atomic mass is 127. The van der Waals surface area contributed by atoms with Crippen molar-refractivity contribution in [3.63, 3.8) is 0 Å². The maximum absolute atomic E-state index is 6.56. The van der Waals surface area contributed by atoms with E-state index in [9.17, 15) is 0 Å². The Kier molecular flexibility index (Phi) is 9.67. The number of hydrogen-bond acceptors (Lipinski definition) is 1. The van der Waals surface area contributed by atoms with Crippen molar-refractivity contribution in [2.45, 2.75) is 25.6 Å². The van der Waals surface area contributed by atoms with Gasteiger partial charge in [0.2, 0.25) is 0 Å². The second-order valence-corrected chi connectivity index (χ2v) is 17.6. The minimum Gasteiger partial charge on any atom is -1.00 e. The molecule has 0 amide bonds. The summed E-state index contributed by atoms with van der Waals surface area (Å²) in [5.74, 6) is 0.312. The zero-order chi connectivity index (χ0) is 23.2. The van der Waals surface area contributed by atoms with Gasteiger partial charge in [-0.3, -0.25) is 0 Å². The molecule has 0 radical (unpaired) electrons. The van der Waals surface area contributed by atoms with E-state index in [1.165, 1.54) is 21.5 Å². The van der Waals surface area contributed by atoms with Crippen LogP contribution in [0.3, 0.4) is 0 Å². The van der Waals surface area contributed by atoms with Crippen LogP contribution in [-0.4, -0.2) is 21.1 Å². The molecular formula is C30H34IOPSi. The van der Waals surface area contributed by atoms with Crippen molar-refractivity contribution >= 4 is 31.5 Å². The third-order valence-corrected chi connectivity index (χ3v) is 11.6. The average Bonchev–Trinajstić information content (AvgIpc) is 2.86. The highest BCUT2D eigenvalue weighted by molar-refractivity contribution is 7.95. The van der Waals surface area contributed by atoms with Gasteiger partial charge in [-0.15, -0.1) is 0 Å². The van der Waals surface area contributed by atoms with E-state index in [1.807, 2.05) is 0 Å². The molecule has 0 saturated heterocycles. The van der Waals surface area contributed by atoms with Gasteiger partial charge < -0.3 is 28.4 Å². The fourth-order valence-electron chi connectivity index (χ4n) is 4.47. The topological polar surface area (TPSA) is 9.23 Å². The van der Waals surface area contributed by atoms with Crippen LogP contribution in [0.4, 0.5) is 0 Å². The minimum absolute atomic E-state index is 0. The summed E-state index contributed by atoms with van der Waals surface area (Å²) in [6.45, 7) is 7.60. The molecule has 4 rings (SSSR count). The molecule has 176 valence electrons. The molecule has 0 N–H and O–H groups in total. The molecule has 34 heavy (non-hydrogen) atoms.